The number of nitrogens with zero attached hydrogens (tertiary/aromatic N) is 19. The fourth-order valence-electron chi connectivity index (χ4n) is 25.0. The second-order valence-corrected chi connectivity index (χ2v) is 43.8. The summed E-state index contributed by atoms with van der Waals surface area (Å²) in [6, 6.07) is 0. The highest BCUT2D eigenvalue weighted by molar-refractivity contribution is 6.04. The van der Waals surface area contributed by atoms with Crippen molar-refractivity contribution in [3.63, 3.8) is 0 Å². The zero-order chi connectivity index (χ0) is 104. The van der Waals surface area contributed by atoms with E-state index in [0.29, 0.717) is 30.1 Å². The maximum atomic E-state index is 12.5. The third-order valence-electron chi connectivity index (χ3n) is 32.5. The topological polar surface area (TPSA) is 338 Å². The highest BCUT2D eigenvalue weighted by atomic mass is 16.5. The predicted molar refractivity (Wildman–Crippen MR) is 543 cm³/mol. The summed E-state index contributed by atoms with van der Waals surface area (Å²) in [5.41, 5.74) is 10.8. The maximum Gasteiger partial charge on any atom is 0.226 e. The number of unbranched alkanes of at least 4 members (excludes halogenated alkanes) is 1. The summed E-state index contributed by atoms with van der Waals surface area (Å²) in [5, 5.41) is 6.63. The third kappa shape index (κ3) is 18.7. The molecule has 18 atom stereocenters. The van der Waals surface area contributed by atoms with E-state index in [1.165, 1.54) is 6.33 Å². The number of fused-ring (bicyclic) bond motifs is 18. The number of allylic oxidation sites excluding steroid dienone is 12. The average Bonchev–Trinajstić information content (AvgIpc) is 0.534. The van der Waals surface area contributed by atoms with Gasteiger partial charge in [0.05, 0.1) is 94.4 Å². The quantitative estimate of drug-likeness (QED) is 0.0950. The minimum Gasteiger partial charge on any atom is -0.481 e. The van der Waals surface area contributed by atoms with E-state index >= 15 is 0 Å². The van der Waals surface area contributed by atoms with E-state index in [0.717, 1.165) is 205 Å². The molecule has 0 unspecified atom stereocenters. The Kier molecular flexibility index (Phi) is 30.3. The molecule has 0 spiro atoms. The standard InChI is InChI=1S/C21H27N3O2.C20H26N4O.C20H25N3O2.C18H22N4O.C17H20N4O.C16H17N3O2/c1-8-26-18-13-9-10-14-12(2)16(25)15(22-7)11-21(14,6)17(13)23-19(24-18)20(3,4)5;1-6-7-10-22-19-14-8-9-15-12(2)17(25)16(21-5)11-20(15,4)18(14)23-13(3)24-19;1-11-13-9-8-12-16(20(13,5)10-14(21-6)15(11)24)22-18(19(2,3)4)23-17(12)25-7;1-10-13-8-7-12-16(20-11(2)21-17(12)22(5)6)18(13,3)9-14(19-4)15(10)23;1-9-12-7-6-11-15(20-10(2)21-16(11)19-5)17(12,3)8-13(18-4)14(9)22;1-9-11-6-5-10-14(18-8-19-15(10)21-4)16(11,2)7-12(17-3)13(9)20/h11-12,14H,8-10H2,1-6H3;11-12,15H,6-10H2,1-4H3,(H,22,23,24);10-11,13H,8-9H2,1-5,7H3;9-10,13H,7-8H2,1-3,5-6H3;8-9,12H,6-7H2,1-3,5H3,(H,19,20,21);7-9,11H,5-6H2,1-2,4H3/t12-,14-,21-;12-,15-,20-;11-,13-,20-;10-,13-,18-;9-,12-,17-;9-,11-,16-/m000000/s1. The summed E-state index contributed by atoms with van der Waals surface area (Å²) in [4.78, 5) is 153. The van der Waals surface area contributed by atoms with Gasteiger partial charge in [0.2, 0.25) is 51.8 Å². The van der Waals surface area contributed by atoms with Crippen LogP contribution in [0.3, 0.4) is 0 Å². The monoisotopic (exact) mass is 1920 g/mol. The number of aryl methyl sites for hydroxylation is 3. The molecule has 0 saturated heterocycles. The Morgan fingerprint density at radius 1 is 0.380 bits per heavy atom. The number of hydrogen-bond donors (Lipinski definition) is 2. The van der Waals surface area contributed by atoms with Gasteiger partial charge in [0.15, 0.2) is 34.7 Å². The molecule has 6 aromatic rings. The highest BCUT2D eigenvalue weighted by Gasteiger charge is 2.57. The number of nitrogens with one attached hydrogen (secondary N) is 2. The van der Waals surface area contributed by atoms with Gasteiger partial charge in [-0.15, -0.1) is 0 Å². The number of methoxy groups -OCH3 is 2. The number of aromatic nitrogens is 12. The molecule has 30 heteroatoms. The van der Waals surface area contributed by atoms with Gasteiger partial charge < -0.3 is 58.5 Å². The van der Waals surface area contributed by atoms with E-state index in [-0.39, 0.29) is 167 Å². The van der Waals surface area contributed by atoms with E-state index < -0.39 is 16.2 Å². The first-order chi connectivity index (χ1) is 66.9. The second kappa shape index (κ2) is 40.6. The van der Waals surface area contributed by atoms with Crippen molar-refractivity contribution in [2.24, 2.45) is 71.0 Å². The van der Waals surface area contributed by atoms with Crippen LogP contribution in [0.4, 0.5) is 17.5 Å². The minimum absolute atomic E-state index is 0.0204. The molecule has 0 aliphatic heterocycles. The molecule has 0 fully saturated rings. The highest BCUT2D eigenvalue weighted by Crippen LogP contribution is 2.58. The Balaban J connectivity index is 0.000000143. The van der Waals surface area contributed by atoms with Gasteiger partial charge in [-0.05, 0) is 147 Å². The van der Waals surface area contributed by atoms with Gasteiger partial charge in [0.1, 0.15) is 52.9 Å². The van der Waals surface area contributed by atoms with E-state index in [9.17, 15) is 28.8 Å². The zero-order valence-corrected chi connectivity index (χ0v) is 88.0. The number of ether oxygens (including phenoxy) is 3. The molecule has 744 valence electrons. The molecule has 142 heavy (non-hydrogen) atoms. The van der Waals surface area contributed by atoms with Crippen LogP contribution in [0, 0.1) is 131 Å². The van der Waals surface area contributed by atoms with Crippen LogP contribution in [-0.2, 0) is 111 Å². The molecule has 18 rings (SSSR count). The van der Waals surface area contributed by atoms with Crippen LogP contribution in [0.1, 0.15) is 287 Å². The molecule has 0 aromatic carbocycles. The first-order valence-electron chi connectivity index (χ1n) is 49.9. The van der Waals surface area contributed by atoms with Crippen molar-refractivity contribution < 1.29 is 43.0 Å². The summed E-state index contributed by atoms with van der Waals surface area (Å²) in [7, 11) is 9.08. The zero-order valence-electron chi connectivity index (χ0n) is 88.0. The van der Waals surface area contributed by atoms with Crippen molar-refractivity contribution in [1.82, 2.24) is 59.8 Å². The summed E-state index contributed by atoms with van der Waals surface area (Å²) < 4.78 is 16.8. The number of ketones is 6. The maximum absolute atomic E-state index is 12.5. The van der Waals surface area contributed by atoms with Gasteiger partial charge >= 0.3 is 0 Å². The first kappa shape index (κ1) is 106. The summed E-state index contributed by atoms with van der Waals surface area (Å²) in [6.45, 7) is 92.1. The molecular weight excluding hydrogens is 1780 g/mol. The third-order valence-corrected chi connectivity index (χ3v) is 32.5. The van der Waals surface area contributed by atoms with Gasteiger partial charge in [-0.3, -0.25) is 0 Å². The lowest BCUT2D eigenvalue weighted by Crippen LogP contribution is -2.46. The van der Waals surface area contributed by atoms with Gasteiger partial charge in [0.25, 0.3) is 0 Å². The van der Waals surface area contributed by atoms with E-state index in [1.807, 2.05) is 126 Å². The van der Waals surface area contributed by atoms with Crippen molar-refractivity contribution in [2.75, 3.05) is 64.0 Å². The largest absolute Gasteiger partial charge is 0.481 e. The van der Waals surface area contributed by atoms with Crippen LogP contribution in [0.15, 0.2) is 77.0 Å². The van der Waals surface area contributed by atoms with Crippen molar-refractivity contribution in [3.8, 4) is 17.6 Å². The first-order valence-corrected chi connectivity index (χ1v) is 49.9. The second-order valence-electron chi connectivity index (χ2n) is 43.8. The molecule has 0 bridgehead atoms. The van der Waals surface area contributed by atoms with Crippen LogP contribution >= 0.6 is 0 Å². The molecule has 0 saturated carbocycles. The van der Waals surface area contributed by atoms with Crippen LogP contribution in [0.25, 0.3) is 29.1 Å². The number of rotatable bonds is 10. The Labute approximate surface area is 837 Å². The summed E-state index contributed by atoms with van der Waals surface area (Å²) >= 11 is 0. The molecule has 30 nitrogen and oxygen atoms in total. The minimum atomic E-state index is -0.449. The molecule has 2 N–H and O–H groups in total. The Hall–Kier alpha value is -13.3. The molecule has 0 radical (unpaired) electrons. The smallest absolute Gasteiger partial charge is 0.226 e. The molecule has 12 aliphatic rings. The van der Waals surface area contributed by atoms with Crippen molar-refractivity contribution in [2.45, 2.75) is 292 Å². The van der Waals surface area contributed by atoms with Gasteiger partial charge in [0, 0.05) is 140 Å². The number of carbonyl (C=O) groups is 6. The number of carbonyl (C=O) groups excluding carboxylic acids is 6. The van der Waals surface area contributed by atoms with E-state index in [2.05, 4.69) is 160 Å². The summed E-state index contributed by atoms with van der Waals surface area (Å²) in [5.74, 6) is 8.19. The lowest BCUT2D eigenvalue weighted by Gasteiger charge is -2.46. The predicted octanol–water partition coefficient (Wildman–Crippen LogP) is 19.2. The summed E-state index contributed by atoms with van der Waals surface area (Å²) in [6.07, 6.45) is 25.2. The normalized spacial score (nSPS) is 28.9. The number of anilines is 3. The Morgan fingerprint density at radius 2 is 0.662 bits per heavy atom. The molecule has 0 amide bonds. The lowest BCUT2D eigenvalue weighted by molar-refractivity contribution is -0.122. The van der Waals surface area contributed by atoms with Gasteiger partial charge in [-0.25, -0.2) is 78.9 Å². The van der Waals surface area contributed by atoms with E-state index in [1.54, 1.807) is 20.3 Å². The van der Waals surface area contributed by atoms with Crippen molar-refractivity contribution in [3.05, 3.63) is 242 Å². The average molecular weight is 1920 g/mol. The molecule has 6 aromatic heterocycles. The van der Waals surface area contributed by atoms with E-state index in [4.69, 9.17) is 83.5 Å². The van der Waals surface area contributed by atoms with Crippen LogP contribution < -0.4 is 29.7 Å². The SMILES string of the molecule is [C-]#[N+]C1=C[C@]2(C)c3nc(C(C)(C)C)nc(OC)c3CC[C@H]2[C@H](C)C1=O.[C-]#[N+]C1=C[C@]2(C)c3nc(C(C)(C)C)nc(OCC)c3CC[C@H]2[C@H](C)C1=O.[C-]#[N+]C1=C[C@]2(C)c3nc(C)nc(N(C)C)c3CC[C@H]2[C@H](C)C1=O.[C-]#[N+]C1=C[C@]2(C)c3nc(C)nc(NC)c3CC[C@H]2[C@H](C)C1=O.[C-]#[N+]C1=C[C@]2(C)c3nc(C)nc(NCCCC)c3CC[C@H]2[C@H](C)C1=O.[C-]#[N+]C1=C[C@]2(C)c3ncnc(OC)c3CC[C@H]2[C@H](C)C1=O. The fourth-order valence-corrected chi connectivity index (χ4v) is 25.0. The van der Waals surface area contributed by atoms with Gasteiger partial charge in [-0.1, -0.05) is 174 Å². The van der Waals surface area contributed by atoms with Crippen LogP contribution in [-0.4, -0.2) is 143 Å². The molecule has 6 heterocycles. The Bertz CT molecular complexity index is 6620. The number of Topliss-reactive ketones (excluding diaryl/α,β-unsaturated/α-hetero) is 6. The fraction of sp³-hybridized carbons (Fsp3) is 0.571. The number of hydrogen-bond acceptors (Lipinski definition) is 24. The molecular formula is C112H137N21O9. The van der Waals surface area contributed by atoms with Crippen molar-refractivity contribution >= 4 is 52.2 Å². The molecule has 12 aliphatic carbocycles. The van der Waals surface area contributed by atoms with Crippen LogP contribution in [0.5, 0.6) is 17.6 Å². The lowest BCUT2D eigenvalue weighted by atomic mass is 9.58. The van der Waals surface area contributed by atoms with Gasteiger partial charge in [-0.2, -0.15) is 9.97 Å². The Morgan fingerprint density at radius 3 is 0.972 bits per heavy atom. The van der Waals surface area contributed by atoms with Crippen molar-refractivity contribution in [1.29, 1.82) is 0 Å². The van der Waals surface area contributed by atoms with Crippen LogP contribution in [0.2, 0.25) is 0 Å².